The Morgan fingerprint density at radius 2 is 1.75 bits per heavy atom. The van der Waals surface area contributed by atoms with Crippen LogP contribution in [0, 0.1) is 19.3 Å². The average Bonchev–Trinajstić information content (AvgIpc) is 2.76. The predicted molar refractivity (Wildman–Crippen MR) is 91.4 cm³/mol. The van der Waals surface area contributed by atoms with Gasteiger partial charge < -0.3 is 5.32 Å². The Bertz CT molecular complexity index is 670. The molecule has 3 amide bonds. The molecule has 1 saturated heterocycles. The lowest BCUT2D eigenvalue weighted by atomic mass is 9.73. The first kappa shape index (κ1) is 16.7. The number of aryl methyl sites for hydroxylation is 2. The second kappa shape index (κ2) is 6.38. The molecule has 5 heteroatoms. The molecule has 1 aromatic carbocycles. The number of amides is 3. The monoisotopic (exact) mass is 328 g/mol. The Labute approximate surface area is 142 Å². The Kier molecular flexibility index (Phi) is 4.43. The van der Waals surface area contributed by atoms with Crippen molar-refractivity contribution in [2.24, 2.45) is 5.41 Å². The van der Waals surface area contributed by atoms with Gasteiger partial charge in [0.2, 0.25) is 17.7 Å². The zero-order chi connectivity index (χ0) is 17.3. The Balaban J connectivity index is 1.70. The Hall–Kier alpha value is -2.17. The van der Waals surface area contributed by atoms with Gasteiger partial charge in [0.15, 0.2) is 0 Å². The van der Waals surface area contributed by atoms with E-state index in [0.29, 0.717) is 0 Å². The molecule has 0 unspecified atom stereocenters. The maximum Gasteiger partial charge on any atom is 0.244 e. The summed E-state index contributed by atoms with van der Waals surface area (Å²) in [6, 6.07) is 5.78. The quantitative estimate of drug-likeness (QED) is 0.868. The highest BCUT2D eigenvalue weighted by Gasteiger charge is 2.51. The van der Waals surface area contributed by atoms with Crippen LogP contribution < -0.4 is 5.32 Å². The number of rotatable bonds is 3. The molecule has 24 heavy (non-hydrogen) atoms. The summed E-state index contributed by atoms with van der Waals surface area (Å²) >= 11 is 0. The fraction of sp³-hybridized carbons (Fsp3) is 0.526. The summed E-state index contributed by atoms with van der Waals surface area (Å²) in [5, 5.41) is 2.85. The van der Waals surface area contributed by atoms with E-state index in [1.165, 1.54) is 0 Å². The summed E-state index contributed by atoms with van der Waals surface area (Å²) in [5.74, 6) is -0.677. The maximum atomic E-state index is 12.7. The molecule has 1 spiro atoms. The molecular weight excluding hydrogens is 304 g/mol. The summed E-state index contributed by atoms with van der Waals surface area (Å²) in [6.45, 7) is 3.66. The molecule has 0 atom stereocenters. The van der Waals surface area contributed by atoms with Crippen LogP contribution in [0.4, 0.5) is 5.69 Å². The lowest BCUT2D eigenvalue weighted by molar-refractivity contribution is -0.144. The number of hydrogen-bond donors (Lipinski definition) is 1. The van der Waals surface area contributed by atoms with Crippen LogP contribution in [0.1, 0.15) is 49.7 Å². The van der Waals surface area contributed by atoms with Gasteiger partial charge in [0.25, 0.3) is 0 Å². The van der Waals surface area contributed by atoms with Crippen molar-refractivity contribution < 1.29 is 14.4 Å². The number of nitrogens with zero attached hydrogens (tertiary/aromatic N) is 1. The third kappa shape index (κ3) is 2.95. The molecule has 1 aliphatic carbocycles. The minimum absolute atomic E-state index is 0.149. The Morgan fingerprint density at radius 1 is 1.12 bits per heavy atom. The molecule has 2 aliphatic rings. The first-order chi connectivity index (χ1) is 11.4. The van der Waals surface area contributed by atoms with Crippen LogP contribution >= 0.6 is 0 Å². The van der Waals surface area contributed by atoms with Gasteiger partial charge in [0.1, 0.15) is 6.54 Å². The normalized spacial score (nSPS) is 19.8. The zero-order valence-electron chi connectivity index (χ0n) is 14.4. The number of benzene rings is 1. The molecule has 5 nitrogen and oxygen atoms in total. The van der Waals surface area contributed by atoms with Gasteiger partial charge in [-0.25, -0.2) is 0 Å². The fourth-order valence-corrected chi connectivity index (χ4v) is 3.97. The molecule has 1 N–H and O–H groups in total. The molecule has 2 fully saturated rings. The summed E-state index contributed by atoms with van der Waals surface area (Å²) in [6.07, 6.45) is 4.90. The lowest BCUT2D eigenvalue weighted by Gasteiger charge is -2.30. The first-order valence-electron chi connectivity index (χ1n) is 8.64. The van der Waals surface area contributed by atoms with Crippen molar-refractivity contribution in [2.45, 2.75) is 52.4 Å². The fourth-order valence-electron chi connectivity index (χ4n) is 3.97. The number of nitrogens with one attached hydrogen (secondary N) is 1. The van der Waals surface area contributed by atoms with Crippen molar-refractivity contribution in [1.29, 1.82) is 0 Å². The number of hydrogen-bond acceptors (Lipinski definition) is 3. The van der Waals surface area contributed by atoms with Gasteiger partial charge in [0.05, 0.1) is 5.41 Å². The average molecular weight is 328 g/mol. The first-order valence-corrected chi connectivity index (χ1v) is 8.64. The van der Waals surface area contributed by atoms with Crippen molar-refractivity contribution >= 4 is 23.4 Å². The lowest BCUT2D eigenvalue weighted by Crippen LogP contribution is -2.41. The second-order valence-corrected chi connectivity index (χ2v) is 7.12. The van der Waals surface area contributed by atoms with Gasteiger partial charge in [-0.1, -0.05) is 37.5 Å². The standard InChI is InChI=1S/C19H24N2O3/c1-13-7-6-8-14(2)17(13)20-15(22)12-21-16(23)11-19(18(21)24)9-4-3-5-10-19/h6-8H,3-5,9-12H2,1-2H3,(H,20,22). The predicted octanol–water partition coefficient (Wildman–Crippen LogP) is 2.95. The molecule has 1 saturated carbocycles. The van der Waals surface area contributed by atoms with E-state index in [1.807, 2.05) is 32.0 Å². The Morgan fingerprint density at radius 3 is 2.38 bits per heavy atom. The van der Waals surface area contributed by atoms with Crippen LogP contribution in [-0.2, 0) is 14.4 Å². The summed E-state index contributed by atoms with van der Waals surface area (Å²) in [7, 11) is 0. The minimum Gasteiger partial charge on any atom is -0.324 e. The number of carbonyl (C=O) groups is 3. The molecule has 1 aromatic rings. The largest absolute Gasteiger partial charge is 0.324 e. The molecule has 3 rings (SSSR count). The van der Waals surface area contributed by atoms with Crippen LogP contribution in [-0.4, -0.2) is 29.2 Å². The molecule has 1 aliphatic heterocycles. The van der Waals surface area contributed by atoms with E-state index in [2.05, 4.69) is 5.32 Å². The molecule has 0 aromatic heterocycles. The second-order valence-electron chi connectivity index (χ2n) is 7.12. The highest BCUT2D eigenvalue weighted by atomic mass is 16.2. The minimum atomic E-state index is -0.534. The van der Waals surface area contributed by atoms with Crippen molar-refractivity contribution in [1.82, 2.24) is 4.90 Å². The number of likely N-dealkylation sites (tertiary alicyclic amines) is 1. The summed E-state index contributed by atoms with van der Waals surface area (Å²) < 4.78 is 0. The SMILES string of the molecule is Cc1cccc(C)c1NC(=O)CN1C(=O)CC2(CCCCC2)C1=O. The molecule has 1 heterocycles. The van der Waals surface area contributed by atoms with Crippen LogP contribution in [0.15, 0.2) is 18.2 Å². The number of anilines is 1. The van der Waals surface area contributed by atoms with Crippen LogP contribution in [0.5, 0.6) is 0 Å². The van der Waals surface area contributed by atoms with Crippen LogP contribution in [0.3, 0.4) is 0 Å². The van der Waals surface area contributed by atoms with E-state index < -0.39 is 5.41 Å². The van der Waals surface area contributed by atoms with E-state index >= 15 is 0 Å². The highest BCUT2D eigenvalue weighted by Crippen LogP contribution is 2.45. The highest BCUT2D eigenvalue weighted by molar-refractivity contribution is 6.09. The number of para-hydroxylation sites is 1. The van der Waals surface area contributed by atoms with Gasteiger partial charge in [-0.05, 0) is 37.8 Å². The van der Waals surface area contributed by atoms with E-state index in [0.717, 1.165) is 53.8 Å². The van der Waals surface area contributed by atoms with Crippen molar-refractivity contribution in [2.75, 3.05) is 11.9 Å². The third-order valence-electron chi connectivity index (χ3n) is 5.35. The van der Waals surface area contributed by atoms with E-state index in [9.17, 15) is 14.4 Å². The third-order valence-corrected chi connectivity index (χ3v) is 5.35. The van der Waals surface area contributed by atoms with Crippen molar-refractivity contribution in [3.8, 4) is 0 Å². The van der Waals surface area contributed by atoms with Crippen molar-refractivity contribution in [3.63, 3.8) is 0 Å². The summed E-state index contributed by atoms with van der Waals surface area (Å²) in [4.78, 5) is 38.6. The van der Waals surface area contributed by atoms with Crippen LogP contribution in [0.2, 0.25) is 0 Å². The number of carbonyl (C=O) groups excluding carboxylic acids is 3. The van der Waals surface area contributed by atoms with Gasteiger partial charge in [-0.2, -0.15) is 0 Å². The van der Waals surface area contributed by atoms with Gasteiger partial charge in [0, 0.05) is 12.1 Å². The molecule has 0 radical (unpaired) electrons. The smallest absolute Gasteiger partial charge is 0.244 e. The summed E-state index contributed by atoms with van der Waals surface area (Å²) in [5.41, 5.74) is 2.15. The maximum absolute atomic E-state index is 12.7. The van der Waals surface area contributed by atoms with Gasteiger partial charge >= 0.3 is 0 Å². The molecule has 0 bridgehead atoms. The van der Waals surface area contributed by atoms with Crippen LogP contribution in [0.25, 0.3) is 0 Å². The zero-order valence-corrected chi connectivity index (χ0v) is 14.4. The number of imide groups is 1. The van der Waals surface area contributed by atoms with Gasteiger partial charge in [-0.15, -0.1) is 0 Å². The van der Waals surface area contributed by atoms with E-state index in [-0.39, 0.29) is 30.7 Å². The molecular formula is C19H24N2O3. The van der Waals surface area contributed by atoms with E-state index in [4.69, 9.17) is 0 Å². The van der Waals surface area contributed by atoms with E-state index in [1.54, 1.807) is 0 Å². The van der Waals surface area contributed by atoms with Crippen molar-refractivity contribution in [3.05, 3.63) is 29.3 Å². The topological polar surface area (TPSA) is 66.5 Å². The van der Waals surface area contributed by atoms with Gasteiger partial charge in [-0.3, -0.25) is 19.3 Å². The molecule has 128 valence electrons.